The number of hydrogen-bond acceptors (Lipinski definition) is 5. The van der Waals surface area contributed by atoms with Crippen molar-refractivity contribution in [3.05, 3.63) is 59.2 Å². The molecule has 1 aliphatic rings. The normalized spacial score (nSPS) is 16.0. The molecule has 1 aliphatic heterocycles. The molecule has 0 aromatic heterocycles. The summed E-state index contributed by atoms with van der Waals surface area (Å²) in [6, 6.07) is 14.6. The number of aryl methyl sites for hydroxylation is 1. The van der Waals surface area contributed by atoms with Crippen molar-refractivity contribution in [1.29, 1.82) is 0 Å². The molecule has 5 nitrogen and oxygen atoms in total. The van der Waals surface area contributed by atoms with E-state index in [1.807, 2.05) is 13.0 Å². The summed E-state index contributed by atoms with van der Waals surface area (Å²) in [6.45, 7) is 12.1. The van der Waals surface area contributed by atoms with Crippen LogP contribution in [0.1, 0.15) is 37.0 Å². The van der Waals surface area contributed by atoms with Crippen LogP contribution < -0.4 is 9.47 Å². The third kappa shape index (κ3) is 6.85. The largest absolute Gasteiger partial charge is 0.494 e. The van der Waals surface area contributed by atoms with Crippen LogP contribution >= 0.6 is 11.6 Å². The molecule has 0 radical (unpaired) electrons. The van der Waals surface area contributed by atoms with E-state index in [1.54, 1.807) is 0 Å². The topological polar surface area (TPSA) is 51.2 Å². The first-order valence-electron chi connectivity index (χ1n) is 11.4. The number of alkyl halides is 1. The van der Waals surface area contributed by atoms with Gasteiger partial charge in [-0.05, 0) is 48.2 Å². The average Bonchev–Trinajstić information content (AvgIpc) is 2.81. The van der Waals surface area contributed by atoms with Crippen molar-refractivity contribution in [2.24, 2.45) is 0 Å². The van der Waals surface area contributed by atoms with Gasteiger partial charge in [-0.25, -0.2) is 0 Å². The second-order valence-corrected chi connectivity index (χ2v) is 9.21. The van der Waals surface area contributed by atoms with Crippen molar-refractivity contribution < 1.29 is 19.3 Å². The van der Waals surface area contributed by atoms with Gasteiger partial charge >= 0.3 is 0 Å². The summed E-state index contributed by atoms with van der Waals surface area (Å²) >= 11 is 5.64. The molecule has 176 valence electrons. The second kappa shape index (κ2) is 11.9. The molecule has 1 saturated heterocycles. The van der Waals surface area contributed by atoms with Crippen LogP contribution in [0, 0.1) is 6.92 Å². The molecule has 1 unspecified atom stereocenters. The summed E-state index contributed by atoms with van der Waals surface area (Å²) in [6.07, 6.45) is 0.357. The molecule has 32 heavy (non-hydrogen) atoms. The van der Waals surface area contributed by atoms with E-state index in [-0.39, 0.29) is 17.9 Å². The van der Waals surface area contributed by atoms with Crippen LogP contribution in [-0.2, 0) is 10.2 Å². The van der Waals surface area contributed by atoms with Crippen molar-refractivity contribution in [2.45, 2.75) is 38.7 Å². The summed E-state index contributed by atoms with van der Waals surface area (Å²) in [5, 5.41) is 9.62. The lowest BCUT2D eigenvalue weighted by Crippen LogP contribution is -2.37. The van der Waals surface area contributed by atoms with Crippen LogP contribution in [0.5, 0.6) is 11.5 Å². The fraction of sp³-hybridized carbons (Fsp3) is 0.538. The van der Waals surface area contributed by atoms with E-state index >= 15 is 0 Å². The summed E-state index contributed by atoms with van der Waals surface area (Å²) < 4.78 is 17.0. The van der Waals surface area contributed by atoms with Gasteiger partial charge in [0.05, 0.1) is 25.7 Å². The zero-order chi connectivity index (χ0) is 23.0. The Bertz CT molecular complexity index is 834. The fourth-order valence-corrected chi connectivity index (χ4v) is 3.96. The Morgan fingerprint density at radius 2 is 1.75 bits per heavy atom. The Hall–Kier alpha value is -1.79. The number of morpholine rings is 1. The number of aliphatic hydroxyl groups excluding tert-OH is 1. The molecule has 6 heteroatoms. The predicted molar refractivity (Wildman–Crippen MR) is 129 cm³/mol. The molecule has 0 amide bonds. The van der Waals surface area contributed by atoms with Crippen LogP contribution in [0.25, 0.3) is 0 Å². The minimum atomic E-state index is -0.660. The first-order chi connectivity index (χ1) is 15.4. The second-order valence-electron chi connectivity index (χ2n) is 8.90. The van der Waals surface area contributed by atoms with Crippen molar-refractivity contribution in [2.75, 3.05) is 51.9 Å². The predicted octanol–water partition coefficient (Wildman–Crippen LogP) is 4.40. The molecule has 2 aromatic carbocycles. The van der Waals surface area contributed by atoms with Gasteiger partial charge in [-0.15, -0.1) is 11.6 Å². The molecular weight excluding hydrogens is 426 g/mol. The van der Waals surface area contributed by atoms with E-state index in [0.29, 0.717) is 0 Å². The minimum absolute atomic E-state index is 0.159. The van der Waals surface area contributed by atoms with Gasteiger partial charge in [0.2, 0.25) is 0 Å². The fourth-order valence-electron chi connectivity index (χ4n) is 3.87. The number of hydrogen-bond donors (Lipinski definition) is 1. The first-order valence-corrected chi connectivity index (χ1v) is 11.9. The van der Waals surface area contributed by atoms with Gasteiger partial charge in [0.25, 0.3) is 0 Å². The van der Waals surface area contributed by atoms with Crippen LogP contribution in [0.2, 0.25) is 0 Å². The maximum Gasteiger partial charge on any atom is 0.122 e. The van der Waals surface area contributed by atoms with E-state index in [2.05, 4.69) is 55.1 Å². The molecule has 0 bridgehead atoms. The number of halogens is 1. The zero-order valence-electron chi connectivity index (χ0n) is 19.5. The third-order valence-corrected chi connectivity index (χ3v) is 6.43. The van der Waals surface area contributed by atoms with Crippen LogP contribution in [0.3, 0.4) is 0 Å². The highest BCUT2D eigenvalue weighted by Gasteiger charge is 2.24. The molecule has 0 spiro atoms. The van der Waals surface area contributed by atoms with Gasteiger partial charge in [-0.1, -0.05) is 38.1 Å². The molecule has 0 saturated carbocycles. The van der Waals surface area contributed by atoms with E-state index in [9.17, 15) is 5.11 Å². The molecular formula is C26H36ClNO4. The molecule has 2 aromatic rings. The molecule has 1 heterocycles. The Kier molecular flexibility index (Phi) is 9.23. The quantitative estimate of drug-likeness (QED) is 0.397. The van der Waals surface area contributed by atoms with E-state index in [0.717, 1.165) is 62.9 Å². The minimum Gasteiger partial charge on any atom is -0.494 e. The summed E-state index contributed by atoms with van der Waals surface area (Å²) in [4.78, 5) is 2.43. The molecule has 1 fully saturated rings. The van der Waals surface area contributed by atoms with E-state index in [1.165, 1.54) is 11.1 Å². The Morgan fingerprint density at radius 1 is 1.06 bits per heavy atom. The zero-order valence-corrected chi connectivity index (χ0v) is 20.2. The average molecular weight is 462 g/mol. The van der Waals surface area contributed by atoms with Gasteiger partial charge in [-0.3, -0.25) is 4.90 Å². The van der Waals surface area contributed by atoms with Crippen LogP contribution in [0.4, 0.5) is 0 Å². The summed E-state index contributed by atoms with van der Waals surface area (Å²) in [5.41, 5.74) is 3.31. The third-order valence-electron chi connectivity index (χ3n) is 6.07. The SMILES string of the molecule is Cc1cc(C(C)(C)c2ccc(OCCCN3CCOCC3)cc2)ccc1OCC(O)CCl. The van der Waals surface area contributed by atoms with E-state index in [4.69, 9.17) is 25.8 Å². The Balaban J connectivity index is 1.55. The highest BCUT2D eigenvalue weighted by molar-refractivity contribution is 6.18. The van der Waals surface area contributed by atoms with Crippen molar-refractivity contribution >= 4 is 11.6 Å². The van der Waals surface area contributed by atoms with Crippen molar-refractivity contribution in [1.82, 2.24) is 4.90 Å². The van der Waals surface area contributed by atoms with Gasteiger partial charge in [0.15, 0.2) is 0 Å². The van der Waals surface area contributed by atoms with E-state index < -0.39 is 6.10 Å². The van der Waals surface area contributed by atoms with Gasteiger partial charge in [0.1, 0.15) is 24.2 Å². The Labute approximate surface area is 197 Å². The monoisotopic (exact) mass is 461 g/mol. The van der Waals surface area contributed by atoms with Gasteiger partial charge in [0, 0.05) is 25.0 Å². The number of nitrogens with zero attached hydrogens (tertiary/aromatic N) is 1. The van der Waals surface area contributed by atoms with Gasteiger partial charge in [-0.2, -0.15) is 0 Å². The smallest absolute Gasteiger partial charge is 0.122 e. The number of aliphatic hydroxyl groups is 1. The number of rotatable bonds is 11. The summed E-state index contributed by atoms with van der Waals surface area (Å²) in [5.74, 6) is 1.84. The first kappa shape index (κ1) is 24.8. The number of benzene rings is 2. The maximum absolute atomic E-state index is 9.62. The van der Waals surface area contributed by atoms with Crippen molar-refractivity contribution in [3.63, 3.8) is 0 Å². The summed E-state index contributed by atoms with van der Waals surface area (Å²) in [7, 11) is 0. The molecule has 1 atom stereocenters. The molecule has 3 rings (SSSR count). The molecule has 0 aliphatic carbocycles. The Morgan fingerprint density at radius 3 is 2.41 bits per heavy atom. The highest BCUT2D eigenvalue weighted by Crippen LogP contribution is 2.34. The molecule has 1 N–H and O–H groups in total. The standard InChI is InChI=1S/C26H36ClNO4/c1-20-17-22(7-10-25(20)32-19-23(29)18-27)26(2,3)21-5-8-24(9-6-21)31-14-4-11-28-12-15-30-16-13-28/h5-10,17,23,29H,4,11-16,18-19H2,1-3H3. The number of ether oxygens (including phenoxy) is 3. The lowest BCUT2D eigenvalue weighted by molar-refractivity contribution is 0.0358. The maximum atomic E-state index is 9.62. The highest BCUT2D eigenvalue weighted by atomic mass is 35.5. The van der Waals surface area contributed by atoms with Gasteiger partial charge < -0.3 is 19.3 Å². The lowest BCUT2D eigenvalue weighted by atomic mass is 9.77. The van der Waals surface area contributed by atoms with Crippen molar-refractivity contribution in [3.8, 4) is 11.5 Å². The van der Waals surface area contributed by atoms with Crippen LogP contribution in [-0.4, -0.2) is 68.1 Å². The van der Waals surface area contributed by atoms with Crippen LogP contribution in [0.15, 0.2) is 42.5 Å². The lowest BCUT2D eigenvalue weighted by Gasteiger charge is -2.27.